The van der Waals surface area contributed by atoms with Crippen molar-refractivity contribution in [2.24, 2.45) is 7.05 Å². The molecule has 0 aliphatic rings. The fourth-order valence-electron chi connectivity index (χ4n) is 0.761. The standard InChI is InChI=1S/C8H10N2S/c1-4-6(2)7-5-10(3)8(11)9-7/h4-5H,1-2H2,3H3,(H,9,11). The molecule has 58 valence electrons. The van der Waals surface area contributed by atoms with Crippen LogP contribution in [0.5, 0.6) is 0 Å². The zero-order valence-corrected chi connectivity index (χ0v) is 7.24. The summed E-state index contributed by atoms with van der Waals surface area (Å²) < 4.78 is 2.53. The fraction of sp³-hybridized carbons (Fsp3) is 0.125. The Morgan fingerprint density at radius 3 is 2.82 bits per heavy atom. The molecule has 1 aromatic heterocycles. The van der Waals surface area contributed by atoms with E-state index in [1.807, 2.05) is 17.8 Å². The SMILES string of the molecule is C=CC(=C)c1cn(C)c(=S)[nH]1. The van der Waals surface area contributed by atoms with Gasteiger partial charge in [-0.3, -0.25) is 0 Å². The molecule has 1 heterocycles. The van der Waals surface area contributed by atoms with Gasteiger partial charge in [-0.25, -0.2) is 0 Å². The van der Waals surface area contributed by atoms with Crippen molar-refractivity contribution in [3.8, 4) is 0 Å². The van der Waals surface area contributed by atoms with Crippen molar-refractivity contribution in [1.82, 2.24) is 9.55 Å². The molecule has 0 saturated heterocycles. The van der Waals surface area contributed by atoms with Gasteiger partial charge >= 0.3 is 0 Å². The molecule has 0 bridgehead atoms. The number of aromatic amines is 1. The van der Waals surface area contributed by atoms with Crippen LogP contribution in [-0.4, -0.2) is 9.55 Å². The van der Waals surface area contributed by atoms with Gasteiger partial charge in [-0.15, -0.1) is 0 Å². The molecule has 0 aliphatic carbocycles. The lowest BCUT2D eigenvalue weighted by atomic mass is 10.2. The van der Waals surface area contributed by atoms with Crippen LogP contribution in [0.2, 0.25) is 0 Å². The highest BCUT2D eigenvalue weighted by Gasteiger charge is 1.96. The Bertz CT molecular complexity index is 343. The number of H-pyrrole nitrogens is 1. The van der Waals surface area contributed by atoms with Crippen LogP contribution in [0.25, 0.3) is 5.57 Å². The first kappa shape index (κ1) is 8.01. The van der Waals surface area contributed by atoms with Crippen molar-refractivity contribution >= 4 is 17.8 Å². The maximum Gasteiger partial charge on any atom is 0.177 e. The molecule has 1 rings (SSSR count). The molecule has 0 aromatic carbocycles. The van der Waals surface area contributed by atoms with Gasteiger partial charge in [0, 0.05) is 13.2 Å². The van der Waals surface area contributed by atoms with E-state index in [1.165, 1.54) is 0 Å². The molecule has 0 atom stereocenters. The summed E-state index contributed by atoms with van der Waals surface area (Å²) in [5.41, 5.74) is 1.78. The average molecular weight is 166 g/mol. The molecule has 3 heteroatoms. The number of imidazole rings is 1. The van der Waals surface area contributed by atoms with Crippen molar-refractivity contribution < 1.29 is 0 Å². The first-order valence-corrected chi connectivity index (χ1v) is 3.63. The maximum absolute atomic E-state index is 4.97. The quantitative estimate of drug-likeness (QED) is 0.528. The molecule has 0 aliphatic heterocycles. The molecule has 0 fully saturated rings. The fourth-order valence-corrected chi connectivity index (χ4v) is 0.924. The summed E-state index contributed by atoms with van der Waals surface area (Å²) >= 11 is 4.97. The van der Waals surface area contributed by atoms with Gasteiger partial charge < -0.3 is 9.55 Å². The van der Waals surface area contributed by atoms with Crippen LogP contribution in [0.15, 0.2) is 25.4 Å². The maximum atomic E-state index is 4.97. The Hall–Kier alpha value is -1.09. The summed E-state index contributed by atoms with van der Waals surface area (Å²) in [7, 11) is 1.89. The molecule has 1 N–H and O–H groups in total. The van der Waals surface area contributed by atoms with E-state index in [4.69, 9.17) is 12.2 Å². The van der Waals surface area contributed by atoms with E-state index in [-0.39, 0.29) is 0 Å². The van der Waals surface area contributed by atoms with Crippen molar-refractivity contribution in [3.05, 3.63) is 35.9 Å². The second-order valence-electron chi connectivity index (χ2n) is 2.31. The number of hydrogen-bond acceptors (Lipinski definition) is 1. The van der Waals surface area contributed by atoms with E-state index in [2.05, 4.69) is 18.1 Å². The van der Waals surface area contributed by atoms with Gasteiger partial charge in [-0.2, -0.15) is 0 Å². The minimum atomic E-state index is 0.697. The Kier molecular flexibility index (Phi) is 2.10. The van der Waals surface area contributed by atoms with Gasteiger partial charge in [-0.1, -0.05) is 19.2 Å². The van der Waals surface area contributed by atoms with Crippen molar-refractivity contribution in [3.63, 3.8) is 0 Å². The lowest BCUT2D eigenvalue weighted by molar-refractivity contribution is 0.894. The number of rotatable bonds is 2. The largest absolute Gasteiger partial charge is 0.331 e. The molecule has 0 saturated carbocycles. The third-order valence-corrected chi connectivity index (χ3v) is 1.87. The molecule has 11 heavy (non-hydrogen) atoms. The van der Waals surface area contributed by atoms with Gasteiger partial charge in [0.25, 0.3) is 0 Å². The van der Waals surface area contributed by atoms with Crippen molar-refractivity contribution in [2.45, 2.75) is 0 Å². The number of allylic oxidation sites excluding steroid dienone is 2. The number of aromatic nitrogens is 2. The first-order valence-electron chi connectivity index (χ1n) is 3.22. The number of nitrogens with zero attached hydrogens (tertiary/aromatic N) is 1. The Morgan fingerprint density at radius 1 is 1.82 bits per heavy atom. The van der Waals surface area contributed by atoms with Crippen LogP contribution in [0.3, 0.4) is 0 Å². The lowest BCUT2D eigenvalue weighted by Gasteiger charge is -1.90. The van der Waals surface area contributed by atoms with Crippen LogP contribution in [0.1, 0.15) is 5.69 Å². The number of hydrogen-bond donors (Lipinski definition) is 1. The molecule has 0 spiro atoms. The number of nitrogens with one attached hydrogen (secondary N) is 1. The highest BCUT2D eigenvalue weighted by Crippen LogP contribution is 2.09. The summed E-state index contributed by atoms with van der Waals surface area (Å²) in [6.07, 6.45) is 3.59. The predicted octanol–water partition coefficient (Wildman–Crippen LogP) is 2.28. The molecule has 1 aromatic rings. The summed E-state index contributed by atoms with van der Waals surface area (Å²) in [5, 5.41) is 0. The summed E-state index contributed by atoms with van der Waals surface area (Å²) in [5.74, 6) is 0. The lowest BCUT2D eigenvalue weighted by Crippen LogP contribution is -1.81. The van der Waals surface area contributed by atoms with E-state index >= 15 is 0 Å². The van der Waals surface area contributed by atoms with E-state index in [9.17, 15) is 0 Å². The van der Waals surface area contributed by atoms with E-state index < -0.39 is 0 Å². The summed E-state index contributed by atoms with van der Waals surface area (Å²) in [6, 6.07) is 0. The van der Waals surface area contributed by atoms with Crippen LogP contribution >= 0.6 is 12.2 Å². The number of aryl methyl sites for hydroxylation is 1. The van der Waals surface area contributed by atoms with Crippen molar-refractivity contribution in [2.75, 3.05) is 0 Å². The smallest absolute Gasteiger partial charge is 0.177 e. The minimum absolute atomic E-state index is 0.697. The van der Waals surface area contributed by atoms with Crippen LogP contribution in [0, 0.1) is 4.77 Å². The summed E-state index contributed by atoms with van der Waals surface area (Å²) in [4.78, 5) is 3.00. The van der Waals surface area contributed by atoms with Gasteiger partial charge in [0.1, 0.15) is 0 Å². The molecule has 0 radical (unpaired) electrons. The monoisotopic (exact) mass is 166 g/mol. The first-order chi connectivity index (χ1) is 5.15. The molecular formula is C8H10N2S. The molecule has 0 amide bonds. The van der Waals surface area contributed by atoms with Crippen LogP contribution < -0.4 is 0 Å². The topological polar surface area (TPSA) is 20.7 Å². The van der Waals surface area contributed by atoms with Gasteiger partial charge in [0.15, 0.2) is 4.77 Å². The normalized spacial score (nSPS) is 9.55. The summed E-state index contributed by atoms with van der Waals surface area (Å²) in [6.45, 7) is 7.40. The Morgan fingerprint density at radius 2 is 2.45 bits per heavy atom. The molecular weight excluding hydrogens is 156 g/mol. The predicted molar refractivity (Wildman–Crippen MR) is 49.8 cm³/mol. The Labute approximate surface area is 70.9 Å². The van der Waals surface area contributed by atoms with Gasteiger partial charge in [0.2, 0.25) is 0 Å². The van der Waals surface area contributed by atoms with E-state index in [0.717, 1.165) is 11.3 Å². The second-order valence-corrected chi connectivity index (χ2v) is 2.70. The van der Waals surface area contributed by atoms with E-state index in [0.29, 0.717) is 4.77 Å². The van der Waals surface area contributed by atoms with Gasteiger partial charge in [-0.05, 0) is 17.8 Å². The zero-order chi connectivity index (χ0) is 8.43. The average Bonchev–Trinajstić information content (AvgIpc) is 2.31. The third-order valence-electron chi connectivity index (χ3n) is 1.48. The highest BCUT2D eigenvalue weighted by molar-refractivity contribution is 7.71. The molecule has 0 unspecified atom stereocenters. The van der Waals surface area contributed by atoms with Crippen LogP contribution in [0.4, 0.5) is 0 Å². The second kappa shape index (κ2) is 2.88. The Balaban J connectivity index is 3.17. The molecule has 2 nitrogen and oxygen atoms in total. The van der Waals surface area contributed by atoms with E-state index in [1.54, 1.807) is 6.08 Å². The van der Waals surface area contributed by atoms with Gasteiger partial charge in [0.05, 0.1) is 5.69 Å². The van der Waals surface area contributed by atoms with Crippen LogP contribution in [-0.2, 0) is 7.05 Å². The van der Waals surface area contributed by atoms with Crippen molar-refractivity contribution in [1.29, 1.82) is 0 Å². The highest BCUT2D eigenvalue weighted by atomic mass is 32.1. The zero-order valence-electron chi connectivity index (χ0n) is 6.42. The minimum Gasteiger partial charge on any atom is -0.331 e. The third kappa shape index (κ3) is 1.49.